The number of carbonyl (C=O) groups is 4. The van der Waals surface area contributed by atoms with Crippen LogP contribution in [0.3, 0.4) is 0 Å². The number of carbonyl (C=O) groups excluding carboxylic acids is 4. The summed E-state index contributed by atoms with van der Waals surface area (Å²) in [6.07, 6.45) is 3.03. The zero-order valence-electron chi connectivity index (χ0n) is 29.7. The van der Waals surface area contributed by atoms with Gasteiger partial charge >= 0.3 is 0 Å². The van der Waals surface area contributed by atoms with Crippen LogP contribution in [0, 0.1) is 0 Å². The smallest absolute Gasteiger partial charge is 0.259 e. The summed E-state index contributed by atoms with van der Waals surface area (Å²) >= 11 is 25.0. The number of halogens is 4. The summed E-state index contributed by atoms with van der Waals surface area (Å²) in [4.78, 5) is 55.6. The van der Waals surface area contributed by atoms with Crippen molar-refractivity contribution in [3.63, 3.8) is 0 Å². The Morgan fingerprint density at radius 2 is 0.828 bits per heavy atom. The van der Waals surface area contributed by atoms with E-state index in [1.807, 2.05) is 0 Å². The van der Waals surface area contributed by atoms with Gasteiger partial charge in [-0.25, -0.2) is 0 Å². The van der Waals surface area contributed by atoms with Gasteiger partial charge in [0.15, 0.2) is 0 Å². The molecule has 8 rings (SSSR count). The van der Waals surface area contributed by atoms with Gasteiger partial charge in [-0.05, 0) is 59.7 Å². The monoisotopic (exact) mass is 842 g/mol. The zero-order valence-corrected chi connectivity index (χ0v) is 32.8. The van der Waals surface area contributed by atoms with Crippen molar-refractivity contribution in [2.75, 3.05) is 21.5 Å². The molecule has 6 aromatic carbocycles. The van der Waals surface area contributed by atoms with Gasteiger partial charge < -0.3 is 10.6 Å². The number of hydrogen-bond donors (Lipinski definition) is 4. The molecule has 4 N–H and O–H groups in total. The molecule has 0 spiro atoms. The average Bonchev–Trinajstić information content (AvgIpc) is 3.23. The third-order valence-electron chi connectivity index (χ3n) is 9.34. The number of anilines is 4. The fraction of sp³-hybridized carbons (Fsp3) is 0. The van der Waals surface area contributed by atoms with E-state index < -0.39 is 23.4 Å². The molecular formula is C44H26Cl4N6O4. The van der Waals surface area contributed by atoms with Crippen LogP contribution in [0.5, 0.6) is 0 Å². The Morgan fingerprint density at radius 1 is 0.448 bits per heavy atom. The third kappa shape index (κ3) is 7.37. The molecule has 6 aromatic rings. The molecule has 14 heteroatoms. The van der Waals surface area contributed by atoms with Crippen molar-refractivity contribution < 1.29 is 19.2 Å². The minimum absolute atomic E-state index is 0.00800. The lowest BCUT2D eigenvalue weighted by Gasteiger charge is -2.19. The standard InChI is InChI=1S/C44H26Cl4N6O4/c45-31-15-7-19-35(37(31)47)51-53-39-25-11-3-1-9-23(25)21-29(41(39)55)43(57)49-33-17-5-14-28-27(33)13-6-18-34(28)50-44(58)30-22-24-10-2-4-12-26(24)40(42(30)56)54-52-36-20-8-16-32(46)38(36)48/h1-22,51-52H,(H,49,57)(H,50,58). The SMILES string of the molecule is O=C(Nc1cccc2c(NC(=O)C3=Cc4ccccc4C(=NNc4cccc(Cl)c4Cl)C3=O)cccc12)C1=Cc2ccccc2C(=NNc2cccc(Cl)c2Cl)C1=O. The van der Waals surface area contributed by atoms with Crippen LogP contribution in [-0.4, -0.2) is 34.8 Å². The first-order valence-corrected chi connectivity index (χ1v) is 19.0. The molecule has 58 heavy (non-hydrogen) atoms. The molecular weight excluding hydrogens is 818 g/mol. The molecule has 0 saturated heterocycles. The number of ketones is 2. The van der Waals surface area contributed by atoms with Crippen LogP contribution in [0.4, 0.5) is 22.7 Å². The molecule has 0 aliphatic heterocycles. The molecule has 0 fully saturated rings. The molecule has 0 atom stereocenters. The predicted molar refractivity (Wildman–Crippen MR) is 233 cm³/mol. The molecule has 0 saturated carbocycles. The lowest BCUT2D eigenvalue weighted by molar-refractivity contribution is -0.118. The summed E-state index contributed by atoms with van der Waals surface area (Å²) in [5.74, 6) is -2.58. The second-order valence-corrected chi connectivity index (χ2v) is 14.5. The minimum Gasteiger partial charge on any atom is -0.321 e. The molecule has 2 aliphatic rings. The highest BCUT2D eigenvalue weighted by Gasteiger charge is 2.32. The van der Waals surface area contributed by atoms with Crippen LogP contribution < -0.4 is 21.5 Å². The average molecular weight is 845 g/mol. The summed E-state index contributed by atoms with van der Waals surface area (Å²) in [6.45, 7) is 0. The van der Waals surface area contributed by atoms with Crippen LogP contribution in [0.15, 0.2) is 143 Å². The van der Waals surface area contributed by atoms with Gasteiger partial charge in [-0.3, -0.25) is 30.0 Å². The molecule has 0 unspecified atom stereocenters. The summed E-state index contributed by atoms with van der Waals surface area (Å²) in [5.41, 5.74) is 9.12. The van der Waals surface area contributed by atoms with Crippen LogP contribution in [0.1, 0.15) is 22.3 Å². The van der Waals surface area contributed by atoms with E-state index in [0.717, 1.165) is 0 Å². The molecule has 0 radical (unpaired) electrons. The molecule has 10 nitrogen and oxygen atoms in total. The number of fused-ring (bicyclic) bond motifs is 3. The Kier molecular flexibility index (Phi) is 10.7. The van der Waals surface area contributed by atoms with Gasteiger partial charge in [0, 0.05) is 33.3 Å². The topological polar surface area (TPSA) is 141 Å². The molecule has 0 bridgehead atoms. The molecule has 2 aliphatic carbocycles. The van der Waals surface area contributed by atoms with Crippen LogP contribution in [0.2, 0.25) is 20.1 Å². The highest BCUT2D eigenvalue weighted by molar-refractivity contribution is 6.60. The number of rotatable bonds is 8. The Balaban J connectivity index is 1.06. The highest BCUT2D eigenvalue weighted by atomic mass is 35.5. The van der Waals surface area contributed by atoms with Crippen molar-refractivity contribution in [3.05, 3.63) is 175 Å². The molecule has 0 heterocycles. The second kappa shape index (κ2) is 16.1. The summed E-state index contributed by atoms with van der Waals surface area (Å²) in [7, 11) is 0. The van der Waals surface area contributed by atoms with Crippen molar-refractivity contribution in [1.82, 2.24) is 0 Å². The van der Waals surface area contributed by atoms with Gasteiger partial charge in [0.2, 0.25) is 11.6 Å². The largest absolute Gasteiger partial charge is 0.321 e. The van der Waals surface area contributed by atoms with Crippen molar-refractivity contribution in [2.24, 2.45) is 10.2 Å². The number of nitrogens with zero attached hydrogens (tertiary/aromatic N) is 2. The number of hydrazone groups is 2. The fourth-order valence-corrected chi connectivity index (χ4v) is 7.18. The molecule has 284 valence electrons. The first-order valence-electron chi connectivity index (χ1n) is 17.5. The van der Waals surface area contributed by atoms with Gasteiger partial charge in [-0.1, -0.05) is 131 Å². The van der Waals surface area contributed by atoms with Crippen molar-refractivity contribution in [2.45, 2.75) is 0 Å². The first-order chi connectivity index (χ1) is 28.1. The van der Waals surface area contributed by atoms with E-state index in [-0.39, 0.29) is 32.6 Å². The van der Waals surface area contributed by atoms with E-state index >= 15 is 0 Å². The third-order valence-corrected chi connectivity index (χ3v) is 11.0. The molecule has 2 amide bonds. The van der Waals surface area contributed by atoms with Gasteiger partial charge in [0.1, 0.15) is 11.4 Å². The first kappa shape index (κ1) is 38.3. The number of hydrogen-bond acceptors (Lipinski definition) is 8. The van der Waals surface area contributed by atoms with Crippen LogP contribution in [-0.2, 0) is 19.2 Å². The minimum atomic E-state index is -0.675. The van der Waals surface area contributed by atoms with E-state index in [9.17, 15) is 19.2 Å². The van der Waals surface area contributed by atoms with Crippen LogP contribution >= 0.6 is 46.4 Å². The van der Waals surface area contributed by atoms with Gasteiger partial charge in [-0.2, -0.15) is 10.2 Å². The predicted octanol–water partition coefficient (Wildman–Crippen LogP) is 10.3. The highest BCUT2D eigenvalue weighted by Crippen LogP contribution is 2.34. The van der Waals surface area contributed by atoms with Crippen molar-refractivity contribution in [3.8, 4) is 0 Å². The maximum Gasteiger partial charge on any atom is 0.259 e. The number of benzene rings is 6. The summed E-state index contributed by atoms with van der Waals surface area (Å²) < 4.78 is 0. The lowest BCUT2D eigenvalue weighted by atomic mass is 9.89. The van der Waals surface area contributed by atoms with E-state index in [2.05, 4.69) is 31.7 Å². The van der Waals surface area contributed by atoms with E-state index in [1.165, 1.54) is 12.2 Å². The van der Waals surface area contributed by atoms with Gasteiger partial charge in [-0.15, -0.1) is 0 Å². The second-order valence-electron chi connectivity index (χ2n) is 12.9. The Labute approximate surface area is 350 Å². The summed E-state index contributed by atoms with van der Waals surface area (Å²) in [6, 6.07) is 34.3. The number of Topliss-reactive ketones (excluding diaryl/α,β-unsaturated/α-hetero) is 2. The van der Waals surface area contributed by atoms with Gasteiger partial charge in [0.05, 0.1) is 42.6 Å². The summed E-state index contributed by atoms with van der Waals surface area (Å²) in [5, 5.41) is 16.6. The molecule has 0 aromatic heterocycles. The van der Waals surface area contributed by atoms with E-state index in [4.69, 9.17) is 46.4 Å². The normalized spacial score (nSPS) is 14.7. The number of nitrogens with one attached hydrogen (secondary N) is 4. The zero-order chi connectivity index (χ0) is 40.5. The van der Waals surface area contributed by atoms with Crippen LogP contribution in [0.25, 0.3) is 22.9 Å². The Bertz CT molecular complexity index is 2690. The van der Waals surface area contributed by atoms with Gasteiger partial charge in [0.25, 0.3) is 11.8 Å². The van der Waals surface area contributed by atoms with E-state index in [1.54, 1.807) is 121 Å². The lowest BCUT2D eigenvalue weighted by Crippen LogP contribution is -2.30. The van der Waals surface area contributed by atoms with Crippen molar-refractivity contribution in [1.29, 1.82) is 0 Å². The number of amides is 2. The fourth-order valence-electron chi connectivity index (χ4n) is 6.50. The quantitative estimate of drug-likeness (QED) is 0.0888. The maximum absolute atomic E-state index is 13.9. The Morgan fingerprint density at radius 3 is 1.26 bits per heavy atom. The van der Waals surface area contributed by atoms with E-state index in [0.29, 0.717) is 65.8 Å². The van der Waals surface area contributed by atoms with Crippen molar-refractivity contribution >= 4 is 127 Å². The Hall–Kier alpha value is -6.56. The maximum atomic E-state index is 13.9.